The van der Waals surface area contributed by atoms with Gasteiger partial charge in [0.2, 0.25) is 0 Å². The van der Waals surface area contributed by atoms with Crippen LogP contribution in [0.3, 0.4) is 0 Å². The highest BCUT2D eigenvalue weighted by Crippen LogP contribution is 2.11. The van der Waals surface area contributed by atoms with Gasteiger partial charge in [0, 0.05) is 7.11 Å². The molecule has 0 atom stereocenters. The molecule has 0 radical (unpaired) electrons. The maximum absolute atomic E-state index is 8.67. The van der Waals surface area contributed by atoms with E-state index in [1.165, 1.54) is 0 Å². The van der Waals surface area contributed by atoms with E-state index in [4.69, 9.17) is 9.84 Å². The Labute approximate surface area is 62.5 Å². The summed E-state index contributed by atoms with van der Waals surface area (Å²) in [7, 11) is 1.65. The van der Waals surface area contributed by atoms with Crippen molar-refractivity contribution >= 4 is 0 Å². The fraction of sp³-hybridized carbons (Fsp3) is 0.750. The average molecular weight is 144 g/mol. The first kappa shape index (κ1) is 9.66. The van der Waals surface area contributed by atoms with Gasteiger partial charge in [-0.05, 0) is 26.3 Å². The van der Waals surface area contributed by atoms with E-state index in [1.807, 2.05) is 26.8 Å². The van der Waals surface area contributed by atoms with Crippen LogP contribution in [0, 0.1) is 0 Å². The van der Waals surface area contributed by atoms with E-state index in [0.717, 1.165) is 5.57 Å². The minimum atomic E-state index is -0.257. The summed E-state index contributed by atoms with van der Waals surface area (Å²) >= 11 is 0. The lowest BCUT2D eigenvalue weighted by Crippen LogP contribution is -2.19. The van der Waals surface area contributed by atoms with Gasteiger partial charge in [-0.15, -0.1) is 0 Å². The van der Waals surface area contributed by atoms with Crippen molar-refractivity contribution in [3.8, 4) is 0 Å². The predicted octanol–water partition coefficient (Wildman–Crippen LogP) is 1.35. The first-order chi connectivity index (χ1) is 4.52. The van der Waals surface area contributed by atoms with Gasteiger partial charge in [0.1, 0.15) is 0 Å². The van der Waals surface area contributed by atoms with Crippen LogP contribution in [-0.4, -0.2) is 24.4 Å². The smallest absolute Gasteiger partial charge is 0.0805 e. The summed E-state index contributed by atoms with van der Waals surface area (Å²) in [4.78, 5) is 0. The molecule has 0 saturated carbocycles. The normalized spacial score (nSPS) is 13.9. The highest BCUT2D eigenvalue weighted by Gasteiger charge is 2.11. The number of ether oxygens (including phenoxy) is 1. The van der Waals surface area contributed by atoms with E-state index in [1.54, 1.807) is 7.11 Å². The third kappa shape index (κ3) is 3.64. The minimum absolute atomic E-state index is 0.104. The highest BCUT2D eigenvalue weighted by molar-refractivity contribution is 5.06. The van der Waals surface area contributed by atoms with Crippen molar-refractivity contribution in [3.05, 3.63) is 11.6 Å². The summed E-state index contributed by atoms with van der Waals surface area (Å²) in [5, 5.41) is 8.67. The Balaban J connectivity index is 4.09. The quantitative estimate of drug-likeness (QED) is 0.606. The molecule has 10 heavy (non-hydrogen) atoms. The summed E-state index contributed by atoms with van der Waals surface area (Å²) in [5.74, 6) is 0. The molecule has 2 nitrogen and oxygen atoms in total. The minimum Gasteiger partial charge on any atom is -0.392 e. The summed E-state index contributed by atoms with van der Waals surface area (Å²) < 4.78 is 5.12. The molecule has 0 unspecified atom stereocenters. The average Bonchev–Trinajstić information content (AvgIpc) is 1.87. The van der Waals surface area contributed by atoms with Crippen LogP contribution in [0.1, 0.15) is 20.8 Å². The van der Waals surface area contributed by atoms with Crippen molar-refractivity contribution in [2.45, 2.75) is 26.4 Å². The second-order valence-corrected chi connectivity index (χ2v) is 2.96. The van der Waals surface area contributed by atoms with Gasteiger partial charge in [-0.3, -0.25) is 0 Å². The largest absolute Gasteiger partial charge is 0.392 e. The van der Waals surface area contributed by atoms with Crippen LogP contribution in [0.15, 0.2) is 11.6 Å². The predicted molar refractivity (Wildman–Crippen MR) is 41.9 cm³/mol. The van der Waals surface area contributed by atoms with Crippen LogP contribution in [-0.2, 0) is 4.74 Å². The lowest BCUT2D eigenvalue weighted by Gasteiger charge is -2.18. The summed E-state index contributed by atoms with van der Waals surface area (Å²) in [6.45, 7) is 5.88. The molecule has 0 aromatic heterocycles. The van der Waals surface area contributed by atoms with E-state index < -0.39 is 0 Å². The summed E-state index contributed by atoms with van der Waals surface area (Å²) in [6.07, 6.45) is 1.91. The van der Waals surface area contributed by atoms with Crippen LogP contribution in [0.2, 0.25) is 0 Å². The third-order valence-corrected chi connectivity index (χ3v) is 1.37. The third-order valence-electron chi connectivity index (χ3n) is 1.37. The van der Waals surface area contributed by atoms with E-state index in [2.05, 4.69) is 0 Å². The molecular weight excluding hydrogens is 128 g/mol. The van der Waals surface area contributed by atoms with Crippen molar-refractivity contribution < 1.29 is 9.84 Å². The van der Waals surface area contributed by atoms with Gasteiger partial charge in [-0.25, -0.2) is 0 Å². The highest BCUT2D eigenvalue weighted by atomic mass is 16.5. The molecule has 60 valence electrons. The molecule has 0 fully saturated rings. The first-order valence-corrected chi connectivity index (χ1v) is 3.36. The van der Waals surface area contributed by atoms with Crippen molar-refractivity contribution in [2.24, 2.45) is 0 Å². The maximum atomic E-state index is 8.67. The van der Waals surface area contributed by atoms with Crippen molar-refractivity contribution in [3.63, 3.8) is 0 Å². The van der Waals surface area contributed by atoms with Crippen molar-refractivity contribution in [1.82, 2.24) is 0 Å². The molecule has 0 aliphatic carbocycles. The molecule has 0 aliphatic heterocycles. The number of hydrogen-bond donors (Lipinski definition) is 1. The van der Waals surface area contributed by atoms with Gasteiger partial charge in [0.05, 0.1) is 12.2 Å². The fourth-order valence-electron chi connectivity index (χ4n) is 0.698. The molecule has 0 aromatic carbocycles. The van der Waals surface area contributed by atoms with Crippen LogP contribution < -0.4 is 0 Å². The zero-order chi connectivity index (χ0) is 8.20. The van der Waals surface area contributed by atoms with Crippen LogP contribution in [0.5, 0.6) is 0 Å². The standard InChI is InChI=1S/C8H16O2/c1-7(6-9)5-8(2,3)10-4/h5,9H,6H2,1-4H3/b7-5+. The van der Waals surface area contributed by atoms with E-state index >= 15 is 0 Å². The van der Waals surface area contributed by atoms with Gasteiger partial charge in [-0.1, -0.05) is 6.08 Å². The number of hydrogen-bond acceptors (Lipinski definition) is 2. The topological polar surface area (TPSA) is 29.5 Å². The molecule has 1 N–H and O–H groups in total. The van der Waals surface area contributed by atoms with Crippen molar-refractivity contribution in [2.75, 3.05) is 13.7 Å². The molecule has 0 saturated heterocycles. The molecule has 0 amide bonds. The summed E-state index contributed by atoms with van der Waals surface area (Å²) in [6, 6.07) is 0. The molecule has 0 heterocycles. The molecular formula is C8H16O2. The molecule has 0 aromatic rings. The second-order valence-electron chi connectivity index (χ2n) is 2.96. The Morgan fingerprint density at radius 1 is 1.60 bits per heavy atom. The van der Waals surface area contributed by atoms with Gasteiger partial charge in [-0.2, -0.15) is 0 Å². The maximum Gasteiger partial charge on any atom is 0.0805 e. The van der Waals surface area contributed by atoms with E-state index in [-0.39, 0.29) is 12.2 Å². The van der Waals surface area contributed by atoms with Gasteiger partial charge in [0.25, 0.3) is 0 Å². The Hall–Kier alpha value is -0.340. The number of aliphatic hydroxyl groups excluding tert-OH is 1. The zero-order valence-electron chi connectivity index (χ0n) is 7.14. The Kier molecular flexibility index (Phi) is 3.61. The summed E-state index contributed by atoms with van der Waals surface area (Å²) in [5.41, 5.74) is 0.680. The molecule has 0 bridgehead atoms. The zero-order valence-corrected chi connectivity index (χ0v) is 7.14. The monoisotopic (exact) mass is 144 g/mol. The Bertz CT molecular complexity index is 125. The van der Waals surface area contributed by atoms with Crippen LogP contribution in [0.4, 0.5) is 0 Å². The molecule has 0 spiro atoms. The van der Waals surface area contributed by atoms with Crippen molar-refractivity contribution in [1.29, 1.82) is 0 Å². The van der Waals surface area contributed by atoms with Gasteiger partial charge in [0.15, 0.2) is 0 Å². The van der Waals surface area contributed by atoms with Gasteiger partial charge < -0.3 is 9.84 Å². The number of methoxy groups -OCH3 is 1. The lowest BCUT2D eigenvalue weighted by molar-refractivity contribution is 0.0643. The lowest BCUT2D eigenvalue weighted by atomic mass is 10.1. The Morgan fingerprint density at radius 2 is 2.10 bits per heavy atom. The number of rotatable bonds is 3. The second kappa shape index (κ2) is 3.74. The fourth-order valence-corrected chi connectivity index (χ4v) is 0.698. The first-order valence-electron chi connectivity index (χ1n) is 3.36. The van der Waals surface area contributed by atoms with Crippen LogP contribution in [0.25, 0.3) is 0 Å². The van der Waals surface area contributed by atoms with Crippen LogP contribution >= 0.6 is 0 Å². The SMILES string of the molecule is COC(C)(C)/C=C(\C)CO. The van der Waals surface area contributed by atoms with E-state index in [9.17, 15) is 0 Å². The molecule has 0 rings (SSSR count). The van der Waals surface area contributed by atoms with E-state index in [0.29, 0.717) is 0 Å². The molecule has 0 aliphatic rings. The van der Waals surface area contributed by atoms with Gasteiger partial charge >= 0.3 is 0 Å². The number of aliphatic hydroxyl groups is 1. The molecule has 2 heteroatoms. The Morgan fingerprint density at radius 3 is 2.40 bits per heavy atom.